The number of piperidine rings is 1. The molecule has 2 aromatic rings. The summed E-state index contributed by atoms with van der Waals surface area (Å²) in [6.07, 6.45) is 14.3. The fraction of sp³-hybridized carbons (Fsp3) is 0.435. The topological polar surface area (TPSA) is 57.6 Å². The van der Waals surface area contributed by atoms with Gasteiger partial charge in [0, 0.05) is 42.3 Å². The molecule has 2 heterocycles. The molecule has 1 saturated carbocycles. The van der Waals surface area contributed by atoms with E-state index in [9.17, 15) is 4.79 Å². The molecule has 4 rings (SSSR count). The first-order chi connectivity index (χ1) is 14.2. The highest BCUT2D eigenvalue weighted by Crippen LogP contribution is 2.45. The van der Waals surface area contributed by atoms with E-state index >= 15 is 0 Å². The van der Waals surface area contributed by atoms with Gasteiger partial charge in [0.2, 0.25) is 0 Å². The lowest BCUT2D eigenvalue weighted by atomic mass is 9.68. The van der Waals surface area contributed by atoms with Gasteiger partial charge in [-0.2, -0.15) is 5.10 Å². The lowest BCUT2D eigenvalue weighted by Gasteiger charge is -2.45. The Balaban J connectivity index is 1.35. The summed E-state index contributed by atoms with van der Waals surface area (Å²) in [6, 6.07) is 9.35. The summed E-state index contributed by atoms with van der Waals surface area (Å²) in [6.45, 7) is 2.21. The van der Waals surface area contributed by atoms with Gasteiger partial charge in [-0.3, -0.25) is 9.78 Å². The van der Waals surface area contributed by atoms with Crippen LogP contribution in [0.5, 0.6) is 0 Å². The third-order valence-corrected chi connectivity index (χ3v) is 6.73. The number of rotatable bonds is 4. The van der Waals surface area contributed by atoms with Crippen molar-refractivity contribution in [2.75, 3.05) is 18.0 Å². The molecule has 2 fully saturated rings. The normalized spacial score (nSPS) is 18.9. The number of hydrogen-bond donors (Lipinski definition) is 1. The van der Waals surface area contributed by atoms with E-state index < -0.39 is 0 Å². The number of halogens is 1. The highest BCUT2D eigenvalue weighted by atomic mass is 35.5. The number of pyridine rings is 1. The van der Waals surface area contributed by atoms with E-state index in [0.29, 0.717) is 16.0 Å². The van der Waals surface area contributed by atoms with Gasteiger partial charge < -0.3 is 4.90 Å². The summed E-state index contributed by atoms with van der Waals surface area (Å²) in [7, 11) is 0. The molecule has 1 saturated heterocycles. The number of carbonyl (C=O) groups is 1. The summed E-state index contributed by atoms with van der Waals surface area (Å²) in [4.78, 5) is 18.4. The van der Waals surface area contributed by atoms with Crippen LogP contribution in [0.4, 0.5) is 5.69 Å². The average molecular weight is 411 g/mol. The second-order valence-electron chi connectivity index (χ2n) is 8.19. The van der Waals surface area contributed by atoms with Gasteiger partial charge >= 0.3 is 0 Å². The van der Waals surface area contributed by atoms with Crippen LogP contribution in [0, 0.1) is 5.41 Å². The molecule has 29 heavy (non-hydrogen) atoms. The summed E-state index contributed by atoms with van der Waals surface area (Å²) in [5, 5.41) is 4.68. The number of benzene rings is 1. The molecular weight excluding hydrogens is 384 g/mol. The standard InChI is InChI=1S/C23H27ClN4O/c24-21-16-20(28-14-10-23(11-15-28)8-2-1-3-9-23)5-4-19(21)17-26-27-22(29)18-6-12-25-13-7-18/h4-7,12-13,16-17H,1-3,8-11,14-15H2,(H,27,29)/b26-17+. The van der Waals surface area contributed by atoms with Crippen molar-refractivity contribution in [3.63, 3.8) is 0 Å². The molecule has 0 atom stereocenters. The van der Waals surface area contributed by atoms with Crippen molar-refractivity contribution in [3.05, 3.63) is 58.9 Å². The molecule has 5 nitrogen and oxygen atoms in total. The molecule has 0 unspecified atom stereocenters. The molecule has 1 aromatic heterocycles. The lowest BCUT2D eigenvalue weighted by molar-refractivity contribution is 0.0955. The van der Waals surface area contributed by atoms with Crippen LogP contribution in [0.1, 0.15) is 60.9 Å². The van der Waals surface area contributed by atoms with Gasteiger partial charge in [0.25, 0.3) is 5.91 Å². The van der Waals surface area contributed by atoms with Gasteiger partial charge in [0.05, 0.1) is 11.2 Å². The van der Waals surface area contributed by atoms with Crippen LogP contribution < -0.4 is 10.3 Å². The average Bonchev–Trinajstić information content (AvgIpc) is 2.76. The molecular formula is C23H27ClN4O. The number of anilines is 1. The number of nitrogens with one attached hydrogen (secondary N) is 1. The first kappa shape index (κ1) is 19.9. The summed E-state index contributed by atoms with van der Waals surface area (Å²) >= 11 is 6.48. The lowest BCUT2D eigenvalue weighted by Crippen LogP contribution is -2.41. The van der Waals surface area contributed by atoms with Crippen molar-refractivity contribution in [1.29, 1.82) is 0 Å². The zero-order valence-electron chi connectivity index (χ0n) is 16.6. The number of hydrazone groups is 1. The largest absolute Gasteiger partial charge is 0.371 e. The monoisotopic (exact) mass is 410 g/mol. The second kappa shape index (κ2) is 8.95. The van der Waals surface area contributed by atoms with Gasteiger partial charge in [0.15, 0.2) is 0 Å². The van der Waals surface area contributed by atoms with Gasteiger partial charge in [-0.15, -0.1) is 0 Å². The van der Waals surface area contributed by atoms with Crippen molar-refractivity contribution in [2.45, 2.75) is 44.9 Å². The van der Waals surface area contributed by atoms with Crippen LogP contribution in [0.3, 0.4) is 0 Å². The molecule has 6 heteroatoms. The minimum absolute atomic E-state index is 0.277. The molecule has 152 valence electrons. The highest BCUT2D eigenvalue weighted by Gasteiger charge is 2.35. The fourth-order valence-corrected chi connectivity index (χ4v) is 4.81. The molecule has 1 amide bonds. The summed E-state index contributed by atoms with van der Waals surface area (Å²) in [5.41, 5.74) is 5.58. The Kier molecular flexibility index (Phi) is 6.14. The van der Waals surface area contributed by atoms with Gasteiger partial charge in [-0.25, -0.2) is 5.43 Å². The minimum atomic E-state index is -0.277. The molecule has 0 radical (unpaired) electrons. The quantitative estimate of drug-likeness (QED) is 0.566. The Bertz CT molecular complexity index is 868. The van der Waals surface area contributed by atoms with Crippen LogP contribution in [0.15, 0.2) is 47.8 Å². The molecule has 2 aliphatic rings. The van der Waals surface area contributed by atoms with Crippen molar-refractivity contribution < 1.29 is 4.79 Å². The third kappa shape index (κ3) is 4.78. The predicted octanol–water partition coefficient (Wildman–Crippen LogP) is 5.05. The number of amides is 1. The number of aromatic nitrogens is 1. The smallest absolute Gasteiger partial charge is 0.271 e. The zero-order chi connectivity index (χ0) is 20.1. The van der Waals surface area contributed by atoms with E-state index in [-0.39, 0.29) is 5.91 Å². The second-order valence-corrected chi connectivity index (χ2v) is 8.60. The first-order valence-electron chi connectivity index (χ1n) is 10.4. The van der Waals surface area contributed by atoms with Gasteiger partial charge in [0.1, 0.15) is 0 Å². The Morgan fingerprint density at radius 2 is 1.79 bits per heavy atom. The molecule has 1 aromatic carbocycles. The summed E-state index contributed by atoms with van der Waals surface area (Å²) in [5.74, 6) is -0.277. The van der Waals surface area contributed by atoms with E-state index in [1.54, 1.807) is 30.7 Å². The van der Waals surface area contributed by atoms with E-state index in [2.05, 4.69) is 26.5 Å². The Labute approximate surface area is 177 Å². The minimum Gasteiger partial charge on any atom is -0.371 e. The number of nitrogens with zero attached hydrogens (tertiary/aromatic N) is 3. The Hall–Kier alpha value is -2.40. The Morgan fingerprint density at radius 3 is 2.48 bits per heavy atom. The maximum atomic E-state index is 12.0. The van der Waals surface area contributed by atoms with E-state index in [0.717, 1.165) is 18.7 Å². The van der Waals surface area contributed by atoms with Crippen molar-refractivity contribution in [3.8, 4) is 0 Å². The molecule has 1 aliphatic carbocycles. The maximum absolute atomic E-state index is 12.0. The molecule has 1 spiro atoms. The van der Waals surface area contributed by atoms with Crippen LogP contribution in [0.25, 0.3) is 0 Å². The zero-order valence-corrected chi connectivity index (χ0v) is 17.4. The van der Waals surface area contributed by atoms with Crippen LogP contribution in [0.2, 0.25) is 5.02 Å². The van der Waals surface area contributed by atoms with Gasteiger partial charge in [-0.1, -0.05) is 30.9 Å². The number of carbonyl (C=O) groups excluding carboxylic acids is 1. The molecule has 0 bridgehead atoms. The Morgan fingerprint density at radius 1 is 1.07 bits per heavy atom. The predicted molar refractivity (Wildman–Crippen MR) is 118 cm³/mol. The fourth-order valence-electron chi connectivity index (χ4n) is 4.59. The van der Waals surface area contributed by atoms with Crippen molar-refractivity contribution >= 4 is 29.4 Å². The van der Waals surface area contributed by atoms with Crippen LogP contribution in [-0.4, -0.2) is 30.2 Å². The highest BCUT2D eigenvalue weighted by molar-refractivity contribution is 6.33. The van der Waals surface area contributed by atoms with Crippen LogP contribution in [-0.2, 0) is 0 Å². The van der Waals surface area contributed by atoms with Crippen molar-refractivity contribution in [2.24, 2.45) is 10.5 Å². The first-order valence-corrected chi connectivity index (χ1v) is 10.8. The van der Waals surface area contributed by atoms with Crippen LogP contribution >= 0.6 is 11.6 Å². The SMILES string of the molecule is O=C(N/N=C/c1ccc(N2CCC3(CCCCC3)CC2)cc1Cl)c1ccncc1. The van der Waals surface area contributed by atoms with E-state index in [4.69, 9.17) is 11.6 Å². The van der Waals surface area contributed by atoms with Gasteiger partial charge in [-0.05, 0) is 61.4 Å². The van der Waals surface area contributed by atoms with E-state index in [1.807, 2.05) is 12.1 Å². The van der Waals surface area contributed by atoms with Crippen molar-refractivity contribution in [1.82, 2.24) is 10.4 Å². The summed E-state index contributed by atoms with van der Waals surface area (Å²) < 4.78 is 0. The third-order valence-electron chi connectivity index (χ3n) is 6.40. The molecule has 1 N–H and O–H groups in total. The number of hydrogen-bond acceptors (Lipinski definition) is 4. The maximum Gasteiger partial charge on any atom is 0.271 e. The van der Waals surface area contributed by atoms with E-state index in [1.165, 1.54) is 50.6 Å². The molecule has 1 aliphatic heterocycles.